The molecule has 7 nitrogen and oxygen atoms in total. The van der Waals surface area contributed by atoms with Gasteiger partial charge in [0.2, 0.25) is 0 Å². The van der Waals surface area contributed by atoms with Gasteiger partial charge in [-0.25, -0.2) is 0 Å². The first-order valence-electron chi connectivity index (χ1n) is 13.2. The second kappa shape index (κ2) is 12.9. The Labute approximate surface area is 239 Å². The summed E-state index contributed by atoms with van der Waals surface area (Å²) in [5.41, 5.74) is 0.570. The van der Waals surface area contributed by atoms with Gasteiger partial charge < -0.3 is 14.4 Å². The van der Waals surface area contributed by atoms with Crippen LogP contribution in [-0.4, -0.2) is 54.8 Å². The standard InChI is InChI=1S/C30H35Cl2N3O4/c1-4-30(2,3)29(37)39-21-35-26-20-23(12-10-22(26)11-13-27(35)36)38-19-6-5-14-33-15-17-34(18-16-33)25-9-7-8-24(31)28(25)32/h4,7-13,20H,1,5-6,14-19,21H2,2-3H3. The summed E-state index contributed by atoms with van der Waals surface area (Å²) in [4.78, 5) is 29.6. The number of nitrogens with zero attached hydrogens (tertiary/aromatic N) is 3. The zero-order chi connectivity index (χ0) is 28.0. The highest BCUT2D eigenvalue weighted by Gasteiger charge is 2.25. The number of pyridine rings is 1. The normalized spacial score (nSPS) is 14.4. The Morgan fingerprint density at radius 2 is 1.79 bits per heavy atom. The number of halogens is 2. The first-order valence-corrected chi connectivity index (χ1v) is 13.9. The van der Waals surface area contributed by atoms with Gasteiger partial charge >= 0.3 is 5.97 Å². The molecule has 0 aliphatic carbocycles. The van der Waals surface area contributed by atoms with E-state index in [0.29, 0.717) is 27.9 Å². The molecule has 1 aliphatic heterocycles. The maximum Gasteiger partial charge on any atom is 0.317 e. The lowest BCUT2D eigenvalue weighted by Gasteiger charge is -2.36. The van der Waals surface area contributed by atoms with Gasteiger partial charge in [-0.15, -0.1) is 6.58 Å². The molecule has 1 saturated heterocycles. The number of unbranched alkanes of at least 4 members (excludes halogenated alkanes) is 1. The minimum atomic E-state index is -0.833. The van der Waals surface area contributed by atoms with E-state index in [2.05, 4.69) is 16.4 Å². The largest absolute Gasteiger partial charge is 0.494 e. The minimum absolute atomic E-state index is 0.174. The molecule has 2 aromatic carbocycles. The van der Waals surface area contributed by atoms with Crippen molar-refractivity contribution in [1.29, 1.82) is 0 Å². The Balaban J connectivity index is 1.26. The SMILES string of the molecule is C=CC(C)(C)C(=O)OCn1c(=O)ccc2ccc(OCCCCN3CCN(c4cccc(Cl)c4Cl)CC3)cc21. The smallest absolute Gasteiger partial charge is 0.317 e. The van der Waals surface area contributed by atoms with E-state index in [-0.39, 0.29) is 12.3 Å². The molecule has 0 spiro atoms. The third-order valence-electron chi connectivity index (χ3n) is 7.11. The van der Waals surface area contributed by atoms with Gasteiger partial charge in [0.05, 0.1) is 33.3 Å². The number of rotatable bonds is 11. The molecule has 1 aromatic heterocycles. The van der Waals surface area contributed by atoms with Crippen LogP contribution in [-0.2, 0) is 16.3 Å². The van der Waals surface area contributed by atoms with Gasteiger partial charge in [-0.05, 0) is 69.0 Å². The van der Waals surface area contributed by atoms with Crippen molar-refractivity contribution in [2.45, 2.75) is 33.4 Å². The monoisotopic (exact) mass is 571 g/mol. The molecule has 0 unspecified atom stereocenters. The average Bonchev–Trinajstić information content (AvgIpc) is 2.94. The number of hydrogen-bond donors (Lipinski definition) is 0. The van der Waals surface area contributed by atoms with Gasteiger partial charge in [0.1, 0.15) is 5.75 Å². The summed E-state index contributed by atoms with van der Waals surface area (Å²) in [5, 5.41) is 2.06. The lowest BCUT2D eigenvalue weighted by atomic mass is 9.94. The van der Waals surface area contributed by atoms with Crippen LogP contribution in [0.15, 0.2) is 66.0 Å². The van der Waals surface area contributed by atoms with E-state index < -0.39 is 11.4 Å². The summed E-state index contributed by atoms with van der Waals surface area (Å²) < 4.78 is 12.9. The highest BCUT2D eigenvalue weighted by molar-refractivity contribution is 6.43. The van der Waals surface area contributed by atoms with E-state index in [0.717, 1.165) is 56.6 Å². The number of fused-ring (bicyclic) bond motifs is 1. The molecule has 1 aliphatic rings. The average molecular weight is 573 g/mol. The van der Waals surface area contributed by atoms with Crippen LogP contribution in [0.3, 0.4) is 0 Å². The molecule has 3 aromatic rings. The second-order valence-corrected chi connectivity index (χ2v) is 11.0. The fourth-order valence-corrected chi connectivity index (χ4v) is 4.87. The molecule has 0 N–H and O–H groups in total. The van der Waals surface area contributed by atoms with Crippen molar-refractivity contribution in [3.8, 4) is 5.75 Å². The van der Waals surface area contributed by atoms with Crippen LogP contribution in [0.1, 0.15) is 26.7 Å². The van der Waals surface area contributed by atoms with Gasteiger partial charge in [0, 0.05) is 38.3 Å². The molecular weight excluding hydrogens is 537 g/mol. The first kappa shape index (κ1) is 29.0. The van der Waals surface area contributed by atoms with Gasteiger partial charge in [0.15, 0.2) is 6.73 Å². The van der Waals surface area contributed by atoms with Crippen LogP contribution in [0.2, 0.25) is 10.0 Å². The number of carbonyl (C=O) groups is 1. The second-order valence-electron chi connectivity index (χ2n) is 10.3. The highest BCUT2D eigenvalue weighted by Crippen LogP contribution is 2.33. The lowest BCUT2D eigenvalue weighted by Crippen LogP contribution is -2.46. The van der Waals surface area contributed by atoms with Crippen molar-refractivity contribution in [2.24, 2.45) is 5.41 Å². The Kier molecular flexibility index (Phi) is 9.59. The molecule has 0 radical (unpaired) electrons. The Morgan fingerprint density at radius 1 is 1.05 bits per heavy atom. The number of piperazine rings is 1. The third kappa shape index (κ3) is 7.15. The molecule has 4 rings (SSSR count). The minimum Gasteiger partial charge on any atom is -0.494 e. The van der Waals surface area contributed by atoms with Crippen LogP contribution in [0.4, 0.5) is 5.69 Å². The highest BCUT2D eigenvalue weighted by atomic mass is 35.5. The van der Waals surface area contributed by atoms with Gasteiger partial charge in [0.25, 0.3) is 5.56 Å². The van der Waals surface area contributed by atoms with E-state index >= 15 is 0 Å². The Morgan fingerprint density at radius 3 is 2.54 bits per heavy atom. The summed E-state index contributed by atoms with van der Waals surface area (Å²) in [6, 6.07) is 14.6. The van der Waals surface area contributed by atoms with Crippen molar-refractivity contribution in [3.63, 3.8) is 0 Å². The summed E-state index contributed by atoms with van der Waals surface area (Å²) in [7, 11) is 0. The number of anilines is 1. The zero-order valence-corrected chi connectivity index (χ0v) is 24.0. The van der Waals surface area contributed by atoms with E-state index in [9.17, 15) is 9.59 Å². The Bertz CT molecular complexity index is 1380. The summed E-state index contributed by atoms with van der Waals surface area (Å²) >= 11 is 12.6. The van der Waals surface area contributed by atoms with Crippen molar-refractivity contribution in [1.82, 2.24) is 9.47 Å². The van der Waals surface area contributed by atoms with E-state index in [1.807, 2.05) is 36.4 Å². The quantitative estimate of drug-likeness (QED) is 0.160. The topological polar surface area (TPSA) is 64.0 Å². The summed E-state index contributed by atoms with van der Waals surface area (Å²) in [5.74, 6) is 0.232. The van der Waals surface area contributed by atoms with Gasteiger partial charge in [-0.3, -0.25) is 19.1 Å². The number of benzene rings is 2. The van der Waals surface area contributed by atoms with Crippen molar-refractivity contribution in [3.05, 3.63) is 81.6 Å². The van der Waals surface area contributed by atoms with E-state index in [1.165, 1.54) is 16.7 Å². The molecule has 0 amide bonds. The van der Waals surface area contributed by atoms with E-state index in [1.54, 1.807) is 19.9 Å². The lowest BCUT2D eigenvalue weighted by molar-refractivity contribution is -0.155. The first-order chi connectivity index (χ1) is 18.7. The van der Waals surface area contributed by atoms with Gasteiger partial charge in [-0.2, -0.15) is 0 Å². The Hall–Kier alpha value is -3.00. The van der Waals surface area contributed by atoms with Crippen molar-refractivity contribution < 1.29 is 14.3 Å². The van der Waals surface area contributed by atoms with Gasteiger partial charge in [-0.1, -0.05) is 35.3 Å². The molecule has 39 heavy (non-hydrogen) atoms. The van der Waals surface area contributed by atoms with E-state index in [4.69, 9.17) is 32.7 Å². The molecule has 2 heterocycles. The van der Waals surface area contributed by atoms with Crippen LogP contribution < -0.4 is 15.2 Å². The zero-order valence-electron chi connectivity index (χ0n) is 22.5. The number of ether oxygens (including phenoxy) is 2. The van der Waals surface area contributed by atoms with Crippen LogP contribution in [0.25, 0.3) is 10.9 Å². The maximum absolute atomic E-state index is 12.5. The predicted molar refractivity (Wildman–Crippen MR) is 158 cm³/mol. The maximum atomic E-state index is 12.5. The number of esters is 1. The van der Waals surface area contributed by atoms with Crippen LogP contribution >= 0.6 is 23.2 Å². The summed E-state index contributed by atoms with van der Waals surface area (Å²) in [6.07, 6.45) is 3.46. The molecule has 9 heteroatoms. The molecule has 208 valence electrons. The molecule has 0 saturated carbocycles. The number of hydrogen-bond acceptors (Lipinski definition) is 6. The van der Waals surface area contributed by atoms with Crippen LogP contribution in [0, 0.1) is 5.41 Å². The number of carbonyl (C=O) groups excluding carboxylic acids is 1. The summed E-state index contributed by atoms with van der Waals surface area (Å²) in [6.45, 7) is 12.3. The number of aromatic nitrogens is 1. The van der Waals surface area contributed by atoms with Crippen molar-refractivity contribution >= 4 is 45.8 Å². The predicted octanol–water partition coefficient (Wildman–Crippen LogP) is 6.00. The molecule has 0 bridgehead atoms. The fourth-order valence-electron chi connectivity index (χ4n) is 4.46. The fraction of sp³-hybridized carbons (Fsp3) is 0.400. The third-order valence-corrected chi connectivity index (χ3v) is 7.92. The molecule has 1 fully saturated rings. The van der Waals surface area contributed by atoms with Crippen LogP contribution in [0.5, 0.6) is 5.75 Å². The molecule has 0 atom stereocenters. The van der Waals surface area contributed by atoms with Crippen molar-refractivity contribution in [2.75, 3.05) is 44.2 Å². The molecular formula is C30H35Cl2N3O4.